The Kier molecular flexibility index (Phi) is 1.38. The fourth-order valence-electron chi connectivity index (χ4n) is 0.115. The van der Waals surface area contributed by atoms with E-state index in [0.717, 1.165) is 0 Å². The molecule has 1 aliphatic rings. The van der Waals surface area contributed by atoms with Crippen molar-refractivity contribution in [1.29, 1.82) is 0 Å². The van der Waals surface area contributed by atoms with Gasteiger partial charge in [-0.2, -0.15) is 12.6 Å². The molecule has 42 valence electrons. The maximum atomic E-state index is 10.2. The van der Waals surface area contributed by atoms with E-state index in [4.69, 9.17) is 0 Å². The van der Waals surface area contributed by atoms with E-state index < -0.39 is 7.82 Å². The van der Waals surface area contributed by atoms with Crippen molar-refractivity contribution in [3.05, 3.63) is 0 Å². The molecule has 0 aromatic rings. The van der Waals surface area contributed by atoms with Gasteiger partial charge < -0.3 is 0 Å². The van der Waals surface area contributed by atoms with E-state index in [2.05, 4.69) is 18.5 Å². The van der Waals surface area contributed by atoms with Gasteiger partial charge in [-0.05, 0) is 0 Å². The van der Waals surface area contributed by atoms with Gasteiger partial charge in [0.15, 0.2) is 12.3 Å². The molecule has 1 rings (SSSR count). The third-order valence-electron chi connectivity index (χ3n) is 0.373. The van der Waals surface area contributed by atoms with Gasteiger partial charge in [-0.25, -0.2) is 10.5 Å². The Labute approximate surface area is 44.1 Å². The summed E-state index contributed by atoms with van der Waals surface area (Å²) in [6.07, 6.45) is 0. The van der Waals surface area contributed by atoms with E-state index in [-0.39, 0.29) is 0 Å². The van der Waals surface area contributed by atoms with Crippen LogP contribution in [-0.2, 0) is 17.1 Å². The average molecular weight is 143 g/mol. The van der Waals surface area contributed by atoms with Crippen LogP contribution in [0.15, 0.2) is 0 Å². The van der Waals surface area contributed by atoms with Gasteiger partial charge in [-0.1, -0.05) is 0 Å². The van der Waals surface area contributed by atoms with E-state index in [9.17, 15) is 4.57 Å². The lowest BCUT2D eigenvalue weighted by atomic mass is 13.6. The Bertz CT molecular complexity index is 96.0. The summed E-state index contributed by atoms with van der Waals surface area (Å²) in [5.41, 5.74) is 0. The van der Waals surface area contributed by atoms with Crippen LogP contribution in [0.4, 0.5) is 0 Å². The smallest absolute Gasteiger partial charge is 0.224 e. The highest BCUT2D eigenvalue weighted by molar-refractivity contribution is 8.02. The van der Waals surface area contributed by atoms with E-state index >= 15 is 0 Å². The molecule has 0 atom stereocenters. The molecule has 0 radical (unpaired) electrons. The number of hydrogen-bond donors (Lipinski definition) is 1. The molecular formula is H2NO4PS. The van der Waals surface area contributed by atoms with Gasteiger partial charge in [-0.3, -0.25) is 0 Å². The minimum absolute atomic E-state index is 0.600. The summed E-state index contributed by atoms with van der Waals surface area (Å²) < 4.78 is 22.3. The maximum Gasteiger partial charge on any atom is 0.517 e. The SMILES string of the molecule is NOP1(=O)OSO1. The van der Waals surface area contributed by atoms with Crippen molar-refractivity contribution >= 4 is 20.1 Å². The molecule has 0 amide bonds. The minimum atomic E-state index is -3.23. The fraction of sp³-hybridized carbons (Fsp3) is 0. The van der Waals surface area contributed by atoms with E-state index in [1.54, 1.807) is 0 Å². The van der Waals surface area contributed by atoms with Crippen molar-refractivity contribution in [3.63, 3.8) is 0 Å². The monoisotopic (exact) mass is 143 g/mol. The van der Waals surface area contributed by atoms with Crippen LogP contribution in [0.3, 0.4) is 0 Å². The predicted octanol–water partition coefficient (Wildman–Crippen LogP) is 0.595. The molecule has 0 unspecified atom stereocenters. The zero-order chi connectivity index (χ0) is 5.33. The molecule has 0 aliphatic carbocycles. The van der Waals surface area contributed by atoms with Crippen LogP contribution in [0.5, 0.6) is 0 Å². The number of phosphoric acid groups is 1. The second-order valence-corrected chi connectivity index (χ2v) is 3.20. The summed E-state index contributed by atoms with van der Waals surface area (Å²) in [4.78, 5) is 0. The Balaban J connectivity index is 2.45. The predicted molar refractivity (Wildman–Crippen MR) is 22.6 cm³/mol. The molecule has 0 saturated carbocycles. The minimum Gasteiger partial charge on any atom is -0.224 e. The van der Waals surface area contributed by atoms with E-state index in [1.165, 1.54) is 0 Å². The van der Waals surface area contributed by atoms with Gasteiger partial charge in [0.25, 0.3) is 0 Å². The zero-order valence-electron chi connectivity index (χ0n) is 3.07. The van der Waals surface area contributed by atoms with Crippen molar-refractivity contribution in [2.24, 2.45) is 5.90 Å². The first-order chi connectivity index (χ1) is 3.27. The van der Waals surface area contributed by atoms with Crippen LogP contribution in [0.25, 0.3) is 0 Å². The molecule has 7 heavy (non-hydrogen) atoms. The fourth-order valence-corrected chi connectivity index (χ4v) is 1.04. The molecule has 2 N–H and O–H groups in total. The Hall–Kier alpha value is 0.420. The number of nitrogens with two attached hydrogens (primary N) is 1. The molecular weight excluding hydrogens is 141 g/mol. The zero-order valence-corrected chi connectivity index (χ0v) is 4.78. The Morgan fingerprint density at radius 2 is 2.29 bits per heavy atom. The van der Waals surface area contributed by atoms with Crippen molar-refractivity contribution in [2.75, 3.05) is 0 Å². The van der Waals surface area contributed by atoms with Gasteiger partial charge >= 0.3 is 7.82 Å². The highest BCUT2D eigenvalue weighted by Crippen LogP contribution is 2.64. The summed E-state index contributed by atoms with van der Waals surface area (Å²) in [6, 6.07) is 0. The normalized spacial score (nSPS) is 26.4. The molecule has 0 spiro atoms. The number of rotatable bonds is 1. The summed E-state index contributed by atoms with van der Waals surface area (Å²) in [5.74, 6) is 4.44. The largest absolute Gasteiger partial charge is 0.517 e. The Morgan fingerprint density at radius 3 is 2.29 bits per heavy atom. The third kappa shape index (κ3) is 0.962. The second-order valence-electron chi connectivity index (χ2n) is 0.770. The molecule has 0 aromatic carbocycles. The van der Waals surface area contributed by atoms with Gasteiger partial charge in [0.2, 0.25) is 0 Å². The molecule has 5 nitrogen and oxygen atoms in total. The number of hydrogen-bond acceptors (Lipinski definition) is 6. The van der Waals surface area contributed by atoms with E-state index in [1.807, 2.05) is 0 Å². The highest BCUT2D eigenvalue weighted by atomic mass is 32.2. The maximum absolute atomic E-state index is 10.2. The van der Waals surface area contributed by atoms with Crippen molar-refractivity contribution in [1.82, 2.24) is 0 Å². The van der Waals surface area contributed by atoms with Crippen molar-refractivity contribution in [2.45, 2.75) is 0 Å². The van der Waals surface area contributed by atoms with Crippen LogP contribution in [0.2, 0.25) is 0 Å². The van der Waals surface area contributed by atoms with Gasteiger partial charge in [0.1, 0.15) is 0 Å². The lowest BCUT2D eigenvalue weighted by Gasteiger charge is -2.17. The first kappa shape index (κ1) is 5.55. The molecule has 0 bridgehead atoms. The third-order valence-corrected chi connectivity index (χ3v) is 2.58. The summed E-state index contributed by atoms with van der Waals surface area (Å²) in [5, 5.41) is 0. The lowest BCUT2D eigenvalue weighted by Crippen LogP contribution is -2.04. The molecule has 1 saturated heterocycles. The van der Waals surface area contributed by atoms with Gasteiger partial charge in [-0.15, -0.1) is 0 Å². The Morgan fingerprint density at radius 1 is 1.71 bits per heavy atom. The average Bonchev–Trinajstić information content (AvgIpc) is 1.61. The second kappa shape index (κ2) is 1.74. The quantitative estimate of drug-likeness (QED) is 0.329. The molecule has 7 heteroatoms. The molecule has 1 aliphatic heterocycles. The molecule has 0 aromatic heterocycles. The summed E-state index contributed by atoms with van der Waals surface area (Å²) in [7, 11) is -3.23. The summed E-state index contributed by atoms with van der Waals surface area (Å²) >= 11 is 0.600. The van der Waals surface area contributed by atoms with Crippen LogP contribution in [0, 0.1) is 0 Å². The van der Waals surface area contributed by atoms with E-state index in [0.29, 0.717) is 12.3 Å². The van der Waals surface area contributed by atoms with Crippen LogP contribution in [0.1, 0.15) is 0 Å². The van der Waals surface area contributed by atoms with Crippen LogP contribution < -0.4 is 5.90 Å². The van der Waals surface area contributed by atoms with Gasteiger partial charge in [0, 0.05) is 0 Å². The van der Waals surface area contributed by atoms with Crippen LogP contribution >= 0.6 is 20.1 Å². The molecule has 1 heterocycles. The first-order valence-corrected chi connectivity index (χ1v) is 3.43. The first-order valence-electron chi connectivity index (χ1n) is 1.30. The van der Waals surface area contributed by atoms with Gasteiger partial charge in [0.05, 0.1) is 0 Å². The van der Waals surface area contributed by atoms with Crippen molar-refractivity contribution in [3.8, 4) is 0 Å². The lowest BCUT2D eigenvalue weighted by molar-refractivity contribution is 0.198. The van der Waals surface area contributed by atoms with Crippen LogP contribution in [-0.4, -0.2) is 0 Å². The molecule has 1 fully saturated rings. The summed E-state index contributed by atoms with van der Waals surface area (Å²) in [6.45, 7) is 0. The highest BCUT2D eigenvalue weighted by Gasteiger charge is 2.38. The topological polar surface area (TPSA) is 70.8 Å². The van der Waals surface area contributed by atoms with Crippen molar-refractivity contribution < 1.29 is 17.1 Å². The standard InChI is InChI=1S/H2NO4PS/c1-3-6(2)4-7-5-6/h1H2.